The molecule has 0 fully saturated rings. The molecule has 1 aromatic heterocycles. The minimum atomic E-state index is -3.26. The van der Waals surface area contributed by atoms with Crippen LogP contribution in [0.1, 0.15) is 24.3 Å². The van der Waals surface area contributed by atoms with Crippen molar-refractivity contribution in [2.75, 3.05) is 12.8 Å². The Balaban J connectivity index is 2.73. The van der Waals surface area contributed by atoms with Crippen LogP contribution in [0.25, 0.3) is 0 Å². The average molecular weight is 313 g/mol. The van der Waals surface area contributed by atoms with Gasteiger partial charge >= 0.3 is 0 Å². The Labute approximate surface area is 116 Å². The van der Waals surface area contributed by atoms with Gasteiger partial charge in [0.1, 0.15) is 10.8 Å². The molecule has 2 N–H and O–H groups in total. The fourth-order valence-corrected chi connectivity index (χ4v) is 1.69. The highest BCUT2D eigenvalue weighted by molar-refractivity contribution is 7.92. The fourth-order valence-electron chi connectivity index (χ4n) is 1.05. The van der Waals surface area contributed by atoms with Gasteiger partial charge in [0.05, 0.1) is 9.77 Å². The maximum absolute atomic E-state index is 11.7. The molecular weight excluding hydrogens is 299 g/mol. The Morgan fingerprint density at radius 2 is 2.00 bits per heavy atom. The van der Waals surface area contributed by atoms with Crippen molar-refractivity contribution in [2.45, 2.75) is 18.6 Å². The molecule has 0 bridgehead atoms. The summed E-state index contributed by atoms with van der Waals surface area (Å²) in [5, 5.41) is 2.93. The largest absolute Gasteiger partial charge is 0.349 e. The second-order valence-corrected chi connectivity index (χ2v) is 7.99. The predicted molar refractivity (Wildman–Crippen MR) is 72.1 cm³/mol. The van der Waals surface area contributed by atoms with Crippen LogP contribution in [0.3, 0.4) is 0 Å². The number of halogens is 2. The number of nitrogens with one attached hydrogen (secondary N) is 2. The Morgan fingerprint density at radius 3 is 2.39 bits per heavy atom. The first kappa shape index (κ1) is 15.3. The van der Waals surface area contributed by atoms with Crippen molar-refractivity contribution in [3.05, 3.63) is 21.9 Å². The maximum Gasteiger partial charge on any atom is 0.267 e. The van der Waals surface area contributed by atoms with Gasteiger partial charge in [-0.15, -0.1) is 0 Å². The van der Waals surface area contributed by atoms with Gasteiger partial charge in [0, 0.05) is 12.8 Å². The summed E-state index contributed by atoms with van der Waals surface area (Å²) in [6.45, 7) is 3.08. The number of amides is 1. The van der Waals surface area contributed by atoms with E-state index in [2.05, 4.69) is 10.3 Å². The number of sulfone groups is 1. The molecule has 1 amide bonds. The number of rotatable bonds is 4. The molecule has 1 heterocycles. The lowest BCUT2D eigenvalue weighted by Crippen LogP contribution is -2.43. The predicted octanol–water partition coefficient (Wildman–Crippen LogP) is 1.87. The van der Waals surface area contributed by atoms with Crippen molar-refractivity contribution < 1.29 is 13.2 Å². The number of hydrogen-bond acceptors (Lipinski definition) is 3. The molecule has 0 aliphatic rings. The van der Waals surface area contributed by atoms with Crippen molar-refractivity contribution in [1.29, 1.82) is 0 Å². The summed E-state index contributed by atoms with van der Waals surface area (Å²) in [6, 6.07) is 1.38. The molecule has 0 aliphatic heterocycles. The summed E-state index contributed by atoms with van der Waals surface area (Å²) in [4.78, 5) is 14.3. The smallest absolute Gasteiger partial charge is 0.267 e. The van der Waals surface area contributed by atoms with Crippen molar-refractivity contribution in [3.8, 4) is 0 Å². The van der Waals surface area contributed by atoms with Crippen LogP contribution in [0.5, 0.6) is 0 Å². The third-order valence-corrected chi connectivity index (χ3v) is 5.49. The van der Waals surface area contributed by atoms with Gasteiger partial charge in [0.15, 0.2) is 9.84 Å². The van der Waals surface area contributed by atoms with Gasteiger partial charge in [-0.05, 0) is 19.9 Å². The molecule has 1 aromatic rings. The highest BCUT2D eigenvalue weighted by Crippen LogP contribution is 2.22. The second-order valence-electron chi connectivity index (χ2n) is 4.56. The number of aromatic nitrogens is 1. The summed E-state index contributed by atoms with van der Waals surface area (Å²) in [5.74, 6) is -0.458. The second kappa shape index (κ2) is 5.11. The number of hydrogen-bond donors (Lipinski definition) is 2. The zero-order chi connectivity index (χ0) is 14.1. The lowest BCUT2D eigenvalue weighted by Gasteiger charge is -2.22. The summed E-state index contributed by atoms with van der Waals surface area (Å²) in [6.07, 6.45) is 1.13. The Kier molecular flexibility index (Phi) is 4.35. The standard InChI is InChI=1S/C10H14Cl2N2O3S/c1-10(2,18(3,16)17)5-13-9(15)7-4-6(11)8(12)14-7/h4,14H,5H2,1-3H3,(H,13,15). The molecule has 0 radical (unpaired) electrons. The molecule has 1 rings (SSSR count). The summed E-state index contributed by atoms with van der Waals surface area (Å²) in [5.41, 5.74) is 0.189. The molecule has 0 aliphatic carbocycles. The zero-order valence-electron chi connectivity index (χ0n) is 10.2. The minimum absolute atomic E-state index is 0.00107. The van der Waals surface area contributed by atoms with Gasteiger partial charge in [-0.3, -0.25) is 4.79 Å². The van der Waals surface area contributed by atoms with E-state index in [-0.39, 0.29) is 22.4 Å². The first-order valence-electron chi connectivity index (χ1n) is 5.06. The van der Waals surface area contributed by atoms with E-state index in [0.29, 0.717) is 0 Å². The van der Waals surface area contributed by atoms with Crippen LogP contribution < -0.4 is 5.32 Å². The van der Waals surface area contributed by atoms with Gasteiger partial charge in [0.25, 0.3) is 5.91 Å². The van der Waals surface area contributed by atoms with Crippen LogP contribution in [0.4, 0.5) is 0 Å². The lowest BCUT2D eigenvalue weighted by atomic mass is 10.2. The third-order valence-electron chi connectivity index (χ3n) is 2.65. The number of carbonyl (C=O) groups excluding carboxylic acids is 1. The van der Waals surface area contributed by atoms with Gasteiger partial charge in [-0.25, -0.2) is 8.42 Å². The van der Waals surface area contributed by atoms with E-state index in [4.69, 9.17) is 23.2 Å². The van der Waals surface area contributed by atoms with Gasteiger partial charge in [-0.1, -0.05) is 23.2 Å². The molecule has 5 nitrogen and oxygen atoms in total. The number of carbonyl (C=O) groups is 1. The van der Waals surface area contributed by atoms with Crippen LogP contribution in [0.15, 0.2) is 6.07 Å². The van der Waals surface area contributed by atoms with Crippen LogP contribution in [0.2, 0.25) is 10.2 Å². The molecule has 0 unspecified atom stereocenters. The van der Waals surface area contributed by atoms with E-state index in [0.717, 1.165) is 6.26 Å². The summed E-state index contributed by atoms with van der Waals surface area (Å²) >= 11 is 11.4. The Bertz CT molecular complexity index is 544. The van der Waals surface area contributed by atoms with Gasteiger partial charge in [0.2, 0.25) is 0 Å². The van der Waals surface area contributed by atoms with E-state index in [9.17, 15) is 13.2 Å². The van der Waals surface area contributed by atoms with Crippen LogP contribution in [-0.2, 0) is 9.84 Å². The van der Waals surface area contributed by atoms with Crippen LogP contribution >= 0.6 is 23.2 Å². The normalized spacial score (nSPS) is 12.5. The first-order valence-corrected chi connectivity index (χ1v) is 7.71. The molecule has 8 heteroatoms. The van der Waals surface area contributed by atoms with Crippen molar-refractivity contribution in [1.82, 2.24) is 10.3 Å². The third kappa shape index (κ3) is 3.40. The average Bonchev–Trinajstić information content (AvgIpc) is 2.54. The quantitative estimate of drug-likeness (QED) is 0.890. The van der Waals surface area contributed by atoms with E-state index < -0.39 is 20.5 Å². The zero-order valence-corrected chi connectivity index (χ0v) is 12.5. The molecule has 0 saturated carbocycles. The Hall–Kier alpha value is -0.720. The molecule has 102 valence electrons. The minimum Gasteiger partial charge on any atom is -0.349 e. The number of H-pyrrole nitrogens is 1. The van der Waals surface area contributed by atoms with Crippen LogP contribution in [0, 0.1) is 0 Å². The highest BCUT2D eigenvalue weighted by Gasteiger charge is 2.30. The fraction of sp³-hybridized carbons (Fsp3) is 0.500. The van der Waals surface area contributed by atoms with E-state index >= 15 is 0 Å². The topological polar surface area (TPSA) is 79.0 Å². The first-order chi connectivity index (χ1) is 8.04. The molecule has 18 heavy (non-hydrogen) atoms. The molecule has 0 saturated heterocycles. The van der Waals surface area contributed by atoms with E-state index in [1.54, 1.807) is 0 Å². The van der Waals surface area contributed by atoms with E-state index in [1.165, 1.54) is 19.9 Å². The molecule has 0 aromatic carbocycles. The lowest BCUT2D eigenvalue weighted by molar-refractivity contribution is 0.0946. The van der Waals surface area contributed by atoms with Crippen LogP contribution in [-0.4, -0.2) is 36.9 Å². The molecule has 0 spiro atoms. The summed E-state index contributed by atoms with van der Waals surface area (Å²) < 4.78 is 21.9. The maximum atomic E-state index is 11.7. The van der Waals surface area contributed by atoms with E-state index in [1.807, 2.05) is 0 Å². The van der Waals surface area contributed by atoms with Crippen molar-refractivity contribution in [2.24, 2.45) is 0 Å². The SMILES string of the molecule is CC(C)(CNC(=O)c1cc(Cl)c(Cl)[nH]1)S(C)(=O)=O. The summed E-state index contributed by atoms with van der Waals surface area (Å²) in [7, 11) is -3.26. The van der Waals surface area contributed by atoms with Crippen molar-refractivity contribution in [3.63, 3.8) is 0 Å². The number of aromatic amines is 1. The molecular formula is C10H14Cl2N2O3S. The van der Waals surface area contributed by atoms with Crippen molar-refractivity contribution >= 4 is 38.9 Å². The molecule has 0 atom stereocenters. The Morgan fingerprint density at radius 1 is 1.44 bits per heavy atom. The van der Waals surface area contributed by atoms with Gasteiger partial charge < -0.3 is 10.3 Å². The monoisotopic (exact) mass is 312 g/mol. The highest BCUT2D eigenvalue weighted by atomic mass is 35.5. The van der Waals surface area contributed by atoms with Gasteiger partial charge in [-0.2, -0.15) is 0 Å².